The Hall–Kier alpha value is -4.57. The molecule has 1 aliphatic heterocycles. The number of carboxylic acids is 2. The second-order valence-electron chi connectivity index (χ2n) is 7.83. The van der Waals surface area contributed by atoms with Gasteiger partial charge in [0.2, 0.25) is 0 Å². The zero-order valence-corrected chi connectivity index (χ0v) is 19.4. The summed E-state index contributed by atoms with van der Waals surface area (Å²) in [5, 5.41) is 20.7. The molecule has 0 radical (unpaired) electrons. The molecule has 10 heteroatoms. The Morgan fingerprint density at radius 3 is 2.20 bits per heavy atom. The number of aromatic nitrogens is 1. The van der Waals surface area contributed by atoms with Crippen molar-refractivity contribution in [1.29, 1.82) is 0 Å². The fourth-order valence-electron chi connectivity index (χ4n) is 3.91. The zero-order chi connectivity index (χ0) is 25.4. The van der Waals surface area contributed by atoms with E-state index in [2.05, 4.69) is 5.32 Å². The number of hydrogen-bond donors (Lipinski definition) is 3. The molecule has 1 saturated heterocycles. The number of nitrogens with zero attached hydrogens (tertiary/aromatic N) is 2. The first kappa shape index (κ1) is 23.6. The van der Waals surface area contributed by atoms with E-state index >= 15 is 0 Å². The molecular formula is C25H19N3O6S. The van der Waals surface area contributed by atoms with Crippen LogP contribution in [0.4, 0.5) is 5.69 Å². The lowest BCUT2D eigenvalue weighted by Crippen LogP contribution is -2.54. The summed E-state index contributed by atoms with van der Waals surface area (Å²) in [6.07, 6.45) is 1.46. The molecular weight excluding hydrogens is 470 g/mol. The summed E-state index contributed by atoms with van der Waals surface area (Å²) < 4.78 is 1.88. The molecule has 3 N–H and O–H groups in total. The van der Waals surface area contributed by atoms with Gasteiger partial charge in [0.05, 0.1) is 16.8 Å². The summed E-state index contributed by atoms with van der Waals surface area (Å²) in [5.41, 5.74) is 3.05. The van der Waals surface area contributed by atoms with E-state index in [0.29, 0.717) is 5.56 Å². The number of rotatable bonds is 5. The third-order valence-corrected chi connectivity index (χ3v) is 5.88. The van der Waals surface area contributed by atoms with Crippen molar-refractivity contribution in [3.05, 3.63) is 88.2 Å². The number of anilines is 1. The van der Waals surface area contributed by atoms with Gasteiger partial charge < -0.3 is 14.8 Å². The van der Waals surface area contributed by atoms with Crippen LogP contribution >= 0.6 is 12.2 Å². The van der Waals surface area contributed by atoms with E-state index in [-0.39, 0.29) is 27.5 Å². The van der Waals surface area contributed by atoms with Crippen LogP contribution in [0.15, 0.2) is 60.2 Å². The summed E-state index contributed by atoms with van der Waals surface area (Å²) in [5.74, 6) is -3.54. The molecule has 0 saturated carbocycles. The first-order chi connectivity index (χ1) is 16.6. The summed E-state index contributed by atoms with van der Waals surface area (Å²) in [6.45, 7) is 3.66. The van der Waals surface area contributed by atoms with Gasteiger partial charge in [-0.05, 0) is 86.2 Å². The molecule has 1 aromatic heterocycles. The molecule has 3 aromatic rings. The maximum absolute atomic E-state index is 13.3. The van der Waals surface area contributed by atoms with E-state index in [9.17, 15) is 24.3 Å². The Balaban J connectivity index is 1.74. The third kappa shape index (κ3) is 4.34. The minimum atomic E-state index is -1.16. The Bertz CT molecular complexity index is 1450. The van der Waals surface area contributed by atoms with E-state index in [1.807, 2.05) is 18.4 Å². The molecule has 176 valence electrons. The second-order valence-corrected chi connectivity index (χ2v) is 8.21. The molecule has 4 rings (SSSR count). The van der Waals surface area contributed by atoms with E-state index < -0.39 is 23.8 Å². The Morgan fingerprint density at radius 2 is 1.57 bits per heavy atom. The highest BCUT2D eigenvalue weighted by molar-refractivity contribution is 7.80. The van der Waals surface area contributed by atoms with E-state index in [0.717, 1.165) is 22.0 Å². The van der Waals surface area contributed by atoms with E-state index in [1.165, 1.54) is 42.5 Å². The third-order valence-electron chi connectivity index (χ3n) is 5.60. The largest absolute Gasteiger partial charge is 0.478 e. The number of amides is 2. The van der Waals surface area contributed by atoms with Crippen molar-refractivity contribution in [3.8, 4) is 5.69 Å². The average molecular weight is 490 g/mol. The molecule has 0 bridgehead atoms. The van der Waals surface area contributed by atoms with E-state index in [4.69, 9.17) is 17.3 Å². The number of carboxylic acid groups (broad SMARTS) is 2. The minimum Gasteiger partial charge on any atom is -0.478 e. The van der Waals surface area contributed by atoms with Crippen LogP contribution in [0.2, 0.25) is 0 Å². The summed E-state index contributed by atoms with van der Waals surface area (Å²) in [4.78, 5) is 49.6. The van der Waals surface area contributed by atoms with Gasteiger partial charge in [-0.2, -0.15) is 0 Å². The normalized spacial score (nSPS) is 14.9. The molecule has 9 nitrogen and oxygen atoms in total. The maximum Gasteiger partial charge on any atom is 0.335 e. The van der Waals surface area contributed by atoms with Crippen molar-refractivity contribution in [2.45, 2.75) is 13.8 Å². The van der Waals surface area contributed by atoms with Gasteiger partial charge in [-0.25, -0.2) is 9.59 Å². The molecule has 0 atom stereocenters. The smallest absolute Gasteiger partial charge is 0.335 e. The quantitative estimate of drug-likeness (QED) is 0.285. The van der Waals surface area contributed by atoms with Gasteiger partial charge in [0.1, 0.15) is 5.57 Å². The zero-order valence-electron chi connectivity index (χ0n) is 18.6. The van der Waals surface area contributed by atoms with Crippen LogP contribution in [0.5, 0.6) is 0 Å². The average Bonchev–Trinajstić information content (AvgIpc) is 3.09. The van der Waals surface area contributed by atoms with Crippen molar-refractivity contribution in [2.24, 2.45) is 0 Å². The van der Waals surface area contributed by atoms with E-state index in [1.54, 1.807) is 18.2 Å². The van der Waals surface area contributed by atoms with Crippen molar-refractivity contribution in [1.82, 2.24) is 9.88 Å². The summed E-state index contributed by atoms with van der Waals surface area (Å²) in [6, 6.07) is 13.8. The highest BCUT2D eigenvalue weighted by Gasteiger charge is 2.35. The Labute approximate surface area is 204 Å². The van der Waals surface area contributed by atoms with Crippen molar-refractivity contribution in [2.75, 3.05) is 4.90 Å². The number of carbonyl (C=O) groups is 4. The predicted octanol–water partition coefficient (Wildman–Crippen LogP) is 3.32. The topological polar surface area (TPSA) is 129 Å². The van der Waals surface area contributed by atoms with Crippen LogP contribution in [0.25, 0.3) is 11.8 Å². The number of nitrogens with one attached hydrogen (secondary N) is 1. The van der Waals surface area contributed by atoms with Gasteiger partial charge in [0.25, 0.3) is 11.8 Å². The number of benzene rings is 2. The molecule has 0 spiro atoms. The fraction of sp³-hybridized carbons (Fsp3) is 0.0800. The van der Waals surface area contributed by atoms with Gasteiger partial charge in [0, 0.05) is 17.1 Å². The molecule has 1 fully saturated rings. The van der Waals surface area contributed by atoms with Crippen molar-refractivity contribution in [3.63, 3.8) is 0 Å². The number of aryl methyl sites for hydroxylation is 1. The number of carbonyl (C=O) groups excluding carboxylic acids is 2. The van der Waals surface area contributed by atoms with Crippen molar-refractivity contribution < 1.29 is 29.4 Å². The molecule has 0 aliphatic carbocycles. The van der Waals surface area contributed by atoms with Crippen LogP contribution in [-0.2, 0) is 9.59 Å². The van der Waals surface area contributed by atoms with Crippen molar-refractivity contribution >= 4 is 52.8 Å². The van der Waals surface area contributed by atoms with Gasteiger partial charge in [-0.3, -0.25) is 19.8 Å². The van der Waals surface area contributed by atoms with Crippen LogP contribution in [0.3, 0.4) is 0 Å². The molecule has 2 amide bonds. The Kier molecular flexibility index (Phi) is 6.06. The van der Waals surface area contributed by atoms with Gasteiger partial charge in [0.15, 0.2) is 5.11 Å². The Morgan fingerprint density at radius 1 is 0.914 bits per heavy atom. The minimum absolute atomic E-state index is 0.0296. The molecule has 0 unspecified atom stereocenters. The maximum atomic E-state index is 13.3. The lowest BCUT2D eigenvalue weighted by Gasteiger charge is -2.29. The predicted molar refractivity (Wildman–Crippen MR) is 132 cm³/mol. The number of thiocarbonyl (C=S) groups is 1. The molecule has 1 aliphatic rings. The molecule has 2 aromatic carbocycles. The van der Waals surface area contributed by atoms with Crippen LogP contribution < -0.4 is 10.2 Å². The molecule has 2 heterocycles. The lowest BCUT2D eigenvalue weighted by molar-refractivity contribution is -0.122. The SMILES string of the molecule is Cc1cc(C=C2C(=O)NC(=S)N(c3cccc(C(=O)O)c3)C2=O)c(C)n1-c1ccc(C(=O)O)cc1. The van der Waals surface area contributed by atoms with Gasteiger partial charge >= 0.3 is 11.9 Å². The van der Waals surface area contributed by atoms with Crippen LogP contribution in [0, 0.1) is 13.8 Å². The number of aromatic carboxylic acids is 2. The lowest BCUT2D eigenvalue weighted by atomic mass is 10.1. The first-order valence-electron chi connectivity index (χ1n) is 10.4. The monoisotopic (exact) mass is 489 g/mol. The van der Waals surface area contributed by atoms with Crippen LogP contribution in [-0.4, -0.2) is 43.6 Å². The first-order valence-corrected chi connectivity index (χ1v) is 10.8. The van der Waals surface area contributed by atoms with Gasteiger partial charge in [-0.1, -0.05) is 6.07 Å². The standard InChI is InChI=1S/C25H19N3O6S/c1-13-10-17(14(2)27(13)18-8-6-15(7-9-18)23(31)32)12-20-21(29)26-25(35)28(22(20)30)19-5-3-4-16(11-19)24(33)34/h3-12H,1-2H3,(H,31,32)(H,33,34)(H,26,29,35). The highest BCUT2D eigenvalue weighted by atomic mass is 32.1. The van der Waals surface area contributed by atoms with Crippen LogP contribution in [0.1, 0.15) is 37.7 Å². The van der Waals surface area contributed by atoms with Gasteiger partial charge in [-0.15, -0.1) is 0 Å². The number of hydrogen-bond acceptors (Lipinski definition) is 5. The summed E-state index contributed by atoms with van der Waals surface area (Å²) in [7, 11) is 0. The summed E-state index contributed by atoms with van der Waals surface area (Å²) >= 11 is 5.19. The second kappa shape index (κ2) is 8.99. The highest BCUT2D eigenvalue weighted by Crippen LogP contribution is 2.26. The fourth-order valence-corrected chi connectivity index (χ4v) is 4.19. The molecule has 35 heavy (non-hydrogen) atoms.